The summed E-state index contributed by atoms with van der Waals surface area (Å²) in [7, 11) is 0. The molecule has 7 heteroatoms. The zero-order chi connectivity index (χ0) is 14.9. The van der Waals surface area contributed by atoms with Crippen LogP contribution in [0.3, 0.4) is 0 Å². The molecule has 21 heavy (non-hydrogen) atoms. The van der Waals surface area contributed by atoms with Crippen LogP contribution in [0.5, 0.6) is 0 Å². The van der Waals surface area contributed by atoms with Gasteiger partial charge in [0.15, 0.2) is 5.69 Å². The number of carbonyl (C=O) groups is 2. The molecule has 0 radical (unpaired) electrons. The van der Waals surface area contributed by atoms with E-state index in [1.54, 1.807) is 11.0 Å². The Kier molecular flexibility index (Phi) is 3.57. The monoisotopic (exact) mass is 293 g/mol. The summed E-state index contributed by atoms with van der Waals surface area (Å²) < 4.78 is 10.5. The largest absolute Gasteiger partial charge is 0.439 e. The van der Waals surface area contributed by atoms with Crippen molar-refractivity contribution < 1.29 is 18.8 Å². The van der Waals surface area contributed by atoms with Crippen LogP contribution < -0.4 is 5.32 Å². The lowest BCUT2D eigenvalue weighted by molar-refractivity contribution is -0.00537. The van der Waals surface area contributed by atoms with Crippen molar-refractivity contribution in [2.24, 2.45) is 0 Å². The quantitative estimate of drug-likeness (QED) is 0.909. The number of carbonyl (C=O) groups excluding carboxylic acids is 2. The molecule has 0 saturated carbocycles. The van der Waals surface area contributed by atoms with Crippen LogP contribution in [0.15, 0.2) is 10.6 Å². The number of nitrogens with zero attached hydrogens (tertiary/aromatic N) is 2. The Bertz CT molecular complexity index is 556. The van der Waals surface area contributed by atoms with E-state index in [2.05, 4.69) is 10.5 Å². The molecule has 1 spiro atoms. The number of nitrogens with one attached hydrogen (secondary N) is 1. The van der Waals surface area contributed by atoms with Crippen LogP contribution in [0.2, 0.25) is 0 Å². The van der Waals surface area contributed by atoms with Crippen molar-refractivity contribution in [1.29, 1.82) is 0 Å². The zero-order valence-corrected chi connectivity index (χ0v) is 12.1. The molecule has 2 aliphatic heterocycles. The Hall–Kier alpha value is -2.05. The van der Waals surface area contributed by atoms with Gasteiger partial charge in [0.2, 0.25) is 0 Å². The minimum Gasteiger partial charge on any atom is -0.439 e. The minimum absolute atomic E-state index is 0.164. The van der Waals surface area contributed by atoms with Crippen molar-refractivity contribution in [3.05, 3.63) is 17.5 Å². The first-order valence-electron chi connectivity index (χ1n) is 7.34. The second-order valence-corrected chi connectivity index (χ2v) is 5.68. The Morgan fingerprint density at radius 1 is 1.57 bits per heavy atom. The first-order chi connectivity index (χ1) is 10.1. The van der Waals surface area contributed by atoms with Gasteiger partial charge in [-0.05, 0) is 19.3 Å². The average Bonchev–Trinajstić information content (AvgIpc) is 3.06. The van der Waals surface area contributed by atoms with Gasteiger partial charge >= 0.3 is 6.09 Å². The molecule has 0 aromatic carbocycles. The topological polar surface area (TPSA) is 84.7 Å². The molecule has 0 aliphatic carbocycles. The molecule has 3 rings (SSSR count). The van der Waals surface area contributed by atoms with Gasteiger partial charge in [-0.25, -0.2) is 4.79 Å². The summed E-state index contributed by atoms with van der Waals surface area (Å²) in [4.78, 5) is 25.4. The van der Waals surface area contributed by atoms with E-state index in [-0.39, 0.29) is 5.91 Å². The highest BCUT2D eigenvalue weighted by Crippen LogP contribution is 2.28. The van der Waals surface area contributed by atoms with Crippen molar-refractivity contribution in [3.8, 4) is 0 Å². The molecule has 1 atom stereocenters. The molecule has 2 amide bonds. The molecule has 1 aromatic rings. The van der Waals surface area contributed by atoms with E-state index in [0.29, 0.717) is 25.3 Å². The fraction of sp³-hybridized carbons (Fsp3) is 0.643. The van der Waals surface area contributed by atoms with E-state index >= 15 is 0 Å². The Morgan fingerprint density at radius 2 is 2.43 bits per heavy atom. The van der Waals surface area contributed by atoms with Gasteiger partial charge in [-0.3, -0.25) is 4.79 Å². The number of alkyl carbamates (subject to hydrolysis) is 1. The molecule has 2 aliphatic rings. The number of rotatable bonds is 3. The second kappa shape index (κ2) is 5.38. The van der Waals surface area contributed by atoms with Crippen LogP contribution in [0.4, 0.5) is 4.79 Å². The summed E-state index contributed by atoms with van der Waals surface area (Å²) in [6.45, 7) is 3.55. The van der Waals surface area contributed by atoms with Crippen LogP contribution in [-0.4, -0.2) is 47.3 Å². The summed E-state index contributed by atoms with van der Waals surface area (Å²) in [5.41, 5.74) is -0.256. The third kappa shape index (κ3) is 2.72. The van der Waals surface area contributed by atoms with Crippen molar-refractivity contribution in [2.45, 2.75) is 38.2 Å². The number of piperidine rings is 1. The number of aromatic nitrogens is 1. The second-order valence-electron chi connectivity index (χ2n) is 5.68. The van der Waals surface area contributed by atoms with Crippen LogP contribution >= 0.6 is 0 Å². The van der Waals surface area contributed by atoms with E-state index in [1.165, 1.54) is 0 Å². The highest BCUT2D eigenvalue weighted by Gasteiger charge is 2.45. The molecule has 7 nitrogen and oxygen atoms in total. The van der Waals surface area contributed by atoms with E-state index in [1.807, 2.05) is 6.92 Å². The number of hydrogen-bond donors (Lipinski definition) is 1. The molecular formula is C14H19N3O4. The van der Waals surface area contributed by atoms with Gasteiger partial charge in [-0.15, -0.1) is 0 Å². The standard InChI is InChI=1S/C14H19N3O4/c1-2-4-10-7-11(16-21-10)12(18)17-6-3-5-14(9-17)8-15-13(19)20-14/h7H,2-6,8-9H2,1H3,(H,15,19). The van der Waals surface area contributed by atoms with Crippen LogP contribution in [0, 0.1) is 0 Å². The van der Waals surface area contributed by atoms with E-state index in [0.717, 1.165) is 31.4 Å². The number of hydrogen-bond acceptors (Lipinski definition) is 5. The van der Waals surface area contributed by atoms with Crippen LogP contribution in [-0.2, 0) is 11.2 Å². The molecule has 0 bridgehead atoms. The normalized spacial score (nSPS) is 25.0. The Morgan fingerprint density at radius 3 is 3.14 bits per heavy atom. The number of likely N-dealkylation sites (tertiary alicyclic amines) is 1. The van der Waals surface area contributed by atoms with Gasteiger partial charge in [0, 0.05) is 19.0 Å². The molecule has 1 unspecified atom stereocenters. The highest BCUT2D eigenvalue weighted by atomic mass is 16.6. The summed E-state index contributed by atoms with van der Waals surface area (Å²) in [5.74, 6) is 0.560. The molecule has 2 fully saturated rings. The van der Waals surface area contributed by atoms with Crippen molar-refractivity contribution in [3.63, 3.8) is 0 Å². The number of aryl methyl sites for hydroxylation is 1. The van der Waals surface area contributed by atoms with Crippen molar-refractivity contribution >= 4 is 12.0 Å². The summed E-state index contributed by atoms with van der Waals surface area (Å²) in [6.07, 6.45) is 2.88. The third-order valence-corrected chi connectivity index (χ3v) is 3.97. The van der Waals surface area contributed by atoms with Gasteiger partial charge in [0.1, 0.15) is 11.4 Å². The first-order valence-corrected chi connectivity index (χ1v) is 7.34. The maximum atomic E-state index is 12.5. The highest BCUT2D eigenvalue weighted by molar-refractivity contribution is 5.92. The molecule has 1 aromatic heterocycles. The fourth-order valence-electron chi connectivity index (χ4n) is 2.94. The van der Waals surface area contributed by atoms with E-state index in [4.69, 9.17) is 9.26 Å². The summed E-state index contributed by atoms with van der Waals surface area (Å²) in [6, 6.07) is 1.70. The van der Waals surface area contributed by atoms with Crippen LogP contribution in [0.25, 0.3) is 0 Å². The molecule has 3 heterocycles. The Labute approximate surface area is 122 Å². The Balaban J connectivity index is 1.70. The van der Waals surface area contributed by atoms with Gasteiger partial charge in [0.25, 0.3) is 5.91 Å². The number of ether oxygens (including phenoxy) is 1. The smallest absolute Gasteiger partial charge is 0.407 e. The van der Waals surface area contributed by atoms with Crippen LogP contribution in [0.1, 0.15) is 42.4 Å². The lowest BCUT2D eigenvalue weighted by atomic mass is 9.93. The van der Waals surface area contributed by atoms with E-state index in [9.17, 15) is 9.59 Å². The first kappa shape index (κ1) is 13.9. The summed E-state index contributed by atoms with van der Waals surface area (Å²) >= 11 is 0. The zero-order valence-electron chi connectivity index (χ0n) is 12.1. The molecule has 114 valence electrons. The summed E-state index contributed by atoms with van der Waals surface area (Å²) in [5, 5.41) is 6.52. The SMILES string of the molecule is CCCc1cc(C(=O)N2CCCC3(CNC(=O)O3)C2)no1. The maximum Gasteiger partial charge on any atom is 0.407 e. The predicted molar refractivity (Wildman–Crippen MR) is 72.9 cm³/mol. The van der Waals surface area contributed by atoms with Crippen molar-refractivity contribution in [1.82, 2.24) is 15.4 Å². The van der Waals surface area contributed by atoms with Crippen molar-refractivity contribution in [2.75, 3.05) is 19.6 Å². The van der Waals surface area contributed by atoms with Gasteiger partial charge in [-0.1, -0.05) is 12.1 Å². The fourth-order valence-corrected chi connectivity index (χ4v) is 2.94. The maximum absolute atomic E-state index is 12.5. The number of amides is 2. The molecule has 2 saturated heterocycles. The molecule has 1 N–H and O–H groups in total. The minimum atomic E-state index is -0.582. The lowest BCUT2D eigenvalue weighted by Gasteiger charge is -2.37. The third-order valence-electron chi connectivity index (χ3n) is 3.97. The van der Waals surface area contributed by atoms with E-state index < -0.39 is 11.7 Å². The van der Waals surface area contributed by atoms with Gasteiger partial charge < -0.3 is 19.5 Å². The van der Waals surface area contributed by atoms with Gasteiger partial charge in [-0.2, -0.15) is 0 Å². The average molecular weight is 293 g/mol. The molecular weight excluding hydrogens is 274 g/mol. The lowest BCUT2D eigenvalue weighted by Crippen LogP contribution is -2.52. The van der Waals surface area contributed by atoms with Gasteiger partial charge in [0.05, 0.1) is 13.1 Å². The predicted octanol–water partition coefficient (Wildman–Crippen LogP) is 1.34.